The van der Waals surface area contributed by atoms with Gasteiger partial charge in [-0.15, -0.1) is 0 Å². The molecule has 2 aliphatic carbocycles. The van der Waals surface area contributed by atoms with Crippen LogP contribution in [0.4, 0.5) is 8.78 Å². The summed E-state index contributed by atoms with van der Waals surface area (Å²) in [4.78, 5) is 0. The van der Waals surface area contributed by atoms with Crippen LogP contribution in [0.1, 0.15) is 39.0 Å². The third kappa shape index (κ3) is 1.79. The Labute approximate surface area is 83.8 Å². The fourth-order valence-corrected chi connectivity index (χ4v) is 2.75. The van der Waals surface area contributed by atoms with Gasteiger partial charge in [0.2, 0.25) is 0 Å². The minimum Gasteiger partial charge on any atom is -0.378 e. The van der Waals surface area contributed by atoms with Crippen molar-refractivity contribution in [3.8, 4) is 0 Å². The first-order valence-corrected chi connectivity index (χ1v) is 5.63. The first-order chi connectivity index (χ1) is 6.63. The zero-order valence-electron chi connectivity index (χ0n) is 8.64. The average molecular weight is 204 g/mol. The third-order valence-corrected chi connectivity index (χ3v) is 3.59. The summed E-state index contributed by atoms with van der Waals surface area (Å²) in [6, 6.07) is 0. The van der Waals surface area contributed by atoms with Crippen molar-refractivity contribution in [3.05, 3.63) is 0 Å². The molecule has 0 aromatic carbocycles. The standard InChI is InChI=1S/C11H18F2O/c1-2-3-4-14-10-6-9-5-8(10)7-11(9,12)13/h8-10H,2-7H2,1H3/t8?,9-,10+/m1/s1. The van der Waals surface area contributed by atoms with Gasteiger partial charge in [-0.2, -0.15) is 0 Å². The number of halogens is 2. The van der Waals surface area contributed by atoms with Crippen LogP contribution >= 0.6 is 0 Å². The number of hydrogen-bond donors (Lipinski definition) is 0. The zero-order valence-corrected chi connectivity index (χ0v) is 8.64. The predicted octanol–water partition coefficient (Wildman–Crippen LogP) is 3.24. The summed E-state index contributed by atoms with van der Waals surface area (Å²) in [7, 11) is 0. The highest BCUT2D eigenvalue weighted by Crippen LogP contribution is 2.54. The fraction of sp³-hybridized carbons (Fsp3) is 1.00. The smallest absolute Gasteiger partial charge is 0.251 e. The molecule has 0 N–H and O–H groups in total. The van der Waals surface area contributed by atoms with Crippen molar-refractivity contribution in [2.75, 3.05) is 6.61 Å². The highest BCUT2D eigenvalue weighted by Gasteiger charge is 2.56. The third-order valence-electron chi connectivity index (χ3n) is 3.59. The van der Waals surface area contributed by atoms with Crippen LogP contribution in [0.25, 0.3) is 0 Å². The molecule has 0 amide bonds. The summed E-state index contributed by atoms with van der Waals surface area (Å²) in [5.74, 6) is -2.65. The Morgan fingerprint density at radius 3 is 2.64 bits per heavy atom. The molecule has 82 valence electrons. The number of rotatable bonds is 4. The van der Waals surface area contributed by atoms with Crippen molar-refractivity contribution in [3.63, 3.8) is 0 Å². The Morgan fingerprint density at radius 1 is 1.36 bits per heavy atom. The summed E-state index contributed by atoms with van der Waals surface area (Å²) < 4.78 is 31.9. The number of ether oxygens (including phenoxy) is 1. The van der Waals surface area contributed by atoms with E-state index in [-0.39, 0.29) is 24.4 Å². The molecular weight excluding hydrogens is 186 g/mol. The molecule has 0 heterocycles. The van der Waals surface area contributed by atoms with E-state index in [1.807, 2.05) is 0 Å². The normalized spacial score (nSPS) is 39.2. The minimum atomic E-state index is -2.39. The number of unbranched alkanes of at least 4 members (excludes halogenated alkanes) is 1. The lowest BCUT2D eigenvalue weighted by molar-refractivity contribution is -0.0903. The van der Waals surface area contributed by atoms with E-state index in [9.17, 15) is 8.78 Å². The molecule has 2 aliphatic rings. The van der Waals surface area contributed by atoms with Crippen molar-refractivity contribution in [2.45, 2.75) is 51.1 Å². The van der Waals surface area contributed by atoms with Crippen molar-refractivity contribution in [1.82, 2.24) is 0 Å². The first-order valence-electron chi connectivity index (χ1n) is 5.63. The molecule has 0 saturated heterocycles. The first kappa shape index (κ1) is 10.3. The van der Waals surface area contributed by atoms with E-state index in [2.05, 4.69) is 6.92 Å². The van der Waals surface area contributed by atoms with E-state index in [4.69, 9.17) is 4.74 Å². The molecule has 0 aliphatic heterocycles. The van der Waals surface area contributed by atoms with Gasteiger partial charge in [-0.05, 0) is 25.2 Å². The van der Waals surface area contributed by atoms with E-state index >= 15 is 0 Å². The van der Waals surface area contributed by atoms with Gasteiger partial charge in [-0.25, -0.2) is 8.78 Å². The summed E-state index contributed by atoms with van der Waals surface area (Å²) >= 11 is 0. The summed E-state index contributed by atoms with van der Waals surface area (Å²) in [5, 5.41) is 0. The van der Waals surface area contributed by atoms with E-state index < -0.39 is 5.92 Å². The van der Waals surface area contributed by atoms with E-state index in [1.165, 1.54) is 0 Å². The zero-order chi connectivity index (χ0) is 10.2. The molecule has 2 rings (SSSR count). The predicted molar refractivity (Wildman–Crippen MR) is 50.4 cm³/mol. The lowest BCUT2D eigenvalue weighted by Crippen LogP contribution is -2.32. The van der Waals surface area contributed by atoms with Crippen LogP contribution in [0.3, 0.4) is 0 Å². The molecule has 3 heteroatoms. The van der Waals surface area contributed by atoms with Crippen LogP contribution in [0, 0.1) is 11.8 Å². The van der Waals surface area contributed by atoms with Gasteiger partial charge in [0.25, 0.3) is 5.92 Å². The second kappa shape index (κ2) is 3.76. The molecule has 1 unspecified atom stereocenters. The number of hydrogen-bond acceptors (Lipinski definition) is 1. The highest BCUT2D eigenvalue weighted by molar-refractivity contribution is 5.00. The molecule has 1 nitrogen and oxygen atoms in total. The number of fused-ring (bicyclic) bond motifs is 2. The van der Waals surface area contributed by atoms with Gasteiger partial charge in [0.05, 0.1) is 6.10 Å². The molecule has 2 saturated carbocycles. The lowest BCUT2D eigenvalue weighted by Gasteiger charge is -2.27. The van der Waals surface area contributed by atoms with E-state index in [1.54, 1.807) is 0 Å². The molecule has 0 aromatic rings. The number of alkyl halides is 2. The molecule has 3 atom stereocenters. The monoisotopic (exact) mass is 204 g/mol. The Kier molecular flexibility index (Phi) is 2.78. The summed E-state index contributed by atoms with van der Waals surface area (Å²) in [6.45, 7) is 2.86. The molecule has 14 heavy (non-hydrogen) atoms. The Balaban J connectivity index is 1.79. The minimum absolute atomic E-state index is 0.0639. The van der Waals surface area contributed by atoms with Crippen molar-refractivity contribution < 1.29 is 13.5 Å². The highest BCUT2D eigenvalue weighted by atomic mass is 19.3. The average Bonchev–Trinajstić information content (AvgIpc) is 2.60. The van der Waals surface area contributed by atoms with E-state index in [0.29, 0.717) is 12.8 Å². The van der Waals surface area contributed by atoms with Crippen molar-refractivity contribution >= 4 is 0 Å². The second-order valence-electron chi connectivity index (χ2n) is 4.66. The lowest BCUT2D eigenvalue weighted by atomic mass is 9.94. The van der Waals surface area contributed by atoms with Gasteiger partial charge in [0, 0.05) is 18.9 Å². The maximum atomic E-state index is 13.1. The van der Waals surface area contributed by atoms with Crippen LogP contribution in [-0.2, 0) is 4.74 Å². The van der Waals surface area contributed by atoms with E-state index in [0.717, 1.165) is 19.4 Å². The van der Waals surface area contributed by atoms with Crippen LogP contribution in [0.2, 0.25) is 0 Å². The molecule has 0 aromatic heterocycles. The van der Waals surface area contributed by atoms with Crippen molar-refractivity contribution in [1.29, 1.82) is 0 Å². The van der Waals surface area contributed by atoms with Gasteiger partial charge in [0.1, 0.15) is 0 Å². The van der Waals surface area contributed by atoms with Crippen LogP contribution < -0.4 is 0 Å². The van der Waals surface area contributed by atoms with Crippen LogP contribution in [-0.4, -0.2) is 18.6 Å². The Hall–Kier alpha value is -0.180. The van der Waals surface area contributed by atoms with Gasteiger partial charge in [-0.1, -0.05) is 13.3 Å². The molecule has 2 fully saturated rings. The topological polar surface area (TPSA) is 9.23 Å². The Morgan fingerprint density at radius 2 is 2.14 bits per heavy atom. The summed E-state index contributed by atoms with van der Waals surface area (Å²) in [5.41, 5.74) is 0. The quantitative estimate of drug-likeness (QED) is 0.639. The van der Waals surface area contributed by atoms with Gasteiger partial charge in [-0.3, -0.25) is 0 Å². The fourth-order valence-electron chi connectivity index (χ4n) is 2.75. The van der Waals surface area contributed by atoms with Crippen molar-refractivity contribution in [2.24, 2.45) is 11.8 Å². The van der Waals surface area contributed by atoms with Gasteiger partial charge in [0.15, 0.2) is 0 Å². The molecule has 2 bridgehead atoms. The van der Waals surface area contributed by atoms with Crippen LogP contribution in [0.15, 0.2) is 0 Å². The summed E-state index contributed by atoms with van der Waals surface area (Å²) in [6.07, 6.45) is 3.62. The second-order valence-corrected chi connectivity index (χ2v) is 4.66. The van der Waals surface area contributed by atoms with Crippen LogP contribution in [0.5, 0.6) is 0 Å². The molecular formula is C11H18F2O. The SMILES string of the molecule is CCCCO[C@H]1C[C@H]2CC1CC2(F)F. The maximum absolute atomic E-state index is 13.1. The largest absolute Gasteiger partial charge is 0.378 e. The maximum Gasteiger partial charge on any atom is 0.251 e. The van der Waals surface area contributed by atoms with Gasteiger partial charge < -0.3 is 4.74 Å². The Bertz CT molecular complexity index is 205. The molecule has 0 spiro atoms. The molecule has 0 radical (unpaired) electrons. The van der Waals surface area contributed by atoms with Gasteiger partial charge >= 0.3 is 0 Å².